The molecular formula is C27H41N2O5S+. The summed E-state index contributed by atoms with van der Waals surface area (Å²) in [6, 6.07) is 8.22. The molecule has 2 atom stereocenters. The van der Waals surface area contributed by atoms with Crippen LogP contribution in [-0.4, -0.2) is 36.3 Å². The average Bonchev–Trinajstić information content (AvgIpc) is 2.82. The van der Waals surface area contributed by atoms with Crippen LogP contribution in [0.2, 0.25) is 0 Å². The van der Waals surface area contributed by atoms with Crippen molar-refractivity contribution in [2.24, 2.45) is 5.41 Å². The second-order valence-electron chi connectivity index (χ2n) is 9.90. The van der Waals surface area contributed by atoms with Gasteiger partial charge in [-0.2, -0.15) is 8.42 Å². The summed E-state index contributed by atoms with van der Waals surface area (Å²) in [6.45, 7) is 9.16. The number of nitrogens with zero attached hydrogens (tertiary/aromatic N) is 2. The predicted molar refractivity (Wildman–Crippen MR) is 137 cm³/mol. The van der Waals surface area contributed by atoms with E-state index in [-0.39, 0.29) is 17.6 Å². The van der Waals surface area contributed by atoms with Crippen LogP contribution >= 0.6 is 0 Å². The minimum atomic E-state index is -3.94. The number of hydrogen-bond donors (Lipinski definition) is 1. The third kappa shape index (κ3) is 10.1. The fraction of sp³-hybridized carbons (Fsp3) is 0.593. The maximum absolute atomic E-state index is 12.8. The van der Waals surface area contributed by atoms with Crippen LogP contribution in [0.5, 0.6) is 0 Å². The summed E-state index contributed by atoms with van der Waals surface area (Å²) in [5, 5.41) is 0. The molecule has 0 saturated carbocycles. The fourth-order valence-corrected chi connectivity index (χ4v) is 4.87. The Morgan fingerprint density at radius 2 is 1.69 bits per heavy atom. The van der Waals surface area contributed by atoms with Crippen molar-refractivity contribution < 1.29 is 27.1 Å². The van der Waals surface area contributed by atoms with Gasteiger partial charge in [0, 0.05) is 30.9 Å². The smallest absolute Gasteiger partial charge is 0.311 e. The van der Waals surface area contributed by atoms with Gasteiger partial charge >= 0.3 is 5.97 Å². The van der Waals surface area contributed by atoms with Crippen molar-refractivity contribution in [1.82, 2.24) is 4.98 Å². The Morgan fingerprint density at radius 1 is 1.06 bits per heavy atom. The lowest BCUT2D eigenvalue weighted by Gasteiger charge is -2.30. The lowest BCUT2D eigenvalue weighted by molar-refractivity contribution is -0.696. The quantitative estimate of drug-likeness (QED) is 0.157. The van der Waals surface area contributed by atoms with E-state index in [2.05, 4.69) is 31.0 Å². The van der Waals surface area contributed by atoms with E-state index < -0.39 is 15.5 Å². The van der Waals surface area contributed by atoms with Crippen molar-refractivity contribution >= 4 is 16.1 Å². The Hall–Kier alpha value is -2.32. The molecule has 0 aliphatic rings. The molecule has 0 saturated heterocycles. The molecule has 0 spiro atoms. The molecule has 0 fully saturated rings. The topological polar surface area (TPSA) is 97.4 Å². The molecule has 2 aromatic heterocycles. The first-order valence-corrected chi connectivity index (χ1v) is 14.2. The maximum atomic E-state index is 12.8. The van der Waals surface area contributed by atoms with Crippen LogP contribution < -0.4 is 4.57 Å². The minimum Gasteiger partial charge on any atom is -0.465 e. The molecule has 194 valence electrons. The van der Waals surface area contributed by atoms with E-state index in [1.807, 2.05) is 42.9 Å². The molecule has 2 rings (SSSR count). The number of rotatable bonds is 15. The average molecular weight is 506 g/mol. The van der Waals surface area contributed by atoms with Crippen molar-refractivity contribution in [3.05, 3.63) is 60.2 Å². The first-order chi connectivity index (χ1) is 16.6. The van der Waals surface area contributed by atoms with Crippen LogP contribution in [0.15, 0.2) is 49.1 Å². The van der Waals surface area contributed by atoms with E-state index in [4.69, 9.17) is 9.29 Å². The number of aryl methyl sites for hydroxylation is 1. The number of ether oxygens (including phenoxy) is 1. The third-order valence-electron chi connectivity index (χ3n) is 6.49. The van der Waals surface area contributed by atoms with Crippen LogP contribution in [0.3, 0.4) is 0 Å². The molecule has 0 amide bonds. The lowest BCUT2D eigenvalue weighted by Crippen LogP contribution is -2.33. The van der Waals surface area contributed by atoms with E-state index in [0.29, 0.717) is 31.9 Å². The van der Waals surface area contributed by atoms with Crippen LogP contribution in [0.4, 0.5) is 0 Å². The number of esters is 1. The molecule has 0 bridgehead atoms. The van der Waals surface area contributed by atoms with Crippen molar-refractivity contribution in [1.29, 1.82) is 0 Å². The number of aromatic nitrogens is 2. The zero-order chi connectivity index (χ0) is 25.9. The summed E-state index contributed by atoms with van der Waals surface area (Å²) in [5.41, 5.74) is 1.78. The highest BCUT2D eigenvalue weighted by molar-refractivity contribution is 7.85. The van der Waals surface area contributed by atoms with Crippen LogP contribution in [0.1, 0.15) is 89.2 Å². The van der Waals surface area contributed by atoms with E-state index >= 15 is 0 Å². The summed E-state index contributed by atoms with van der Waals surface area (Å²) in [6.07, 6.45) is 12.3. The normalized spacial score (nSPS) is 13.9. The fourth-order valence-electron chi connectivity index (χ4n) is 4.38. The Bertz CT molecular complexity index is 1010. The highest BCUT2D eigenvalue weighted by atomic mass is 32.2. The third-order valence-corrected chi connectivity index (χ3v) is 7.29. The van der Waals surface area contributed by atoms with Crippen molar-refractivity contribution in [2.75, 3.05) is 12.4 Å². The van der Waals surface area contributed by atoms with Gasteiger partial charge in [-0.1, -0.05) is 20.3 Å². The van der Waals surface area contributed by atoms with Gasteiger partial charge in [0.15, 0.2) is 12.4 Å². The molecule has 0 aliphatic carbocycles. The van der Waals surface area contributed by atoms with Crippen molar-refractivity contribution in [3.63, 3.8) is 0 Å². The zero-order valence-electron chi connectivity index (χ0n) is 21.5. The highest BCUT2D eigenvalue weighted by Gasteiger charge is 2.34. The second-order valence-corrected chi connectivity index (χ2v) is 11.5. The maximum Gasteiger partial charge on any atom is 0.311 e. The van der Waals surface area contributed by atoms with E-state index in [9.17, 15) is 13.2 Å². The minimum absolute atomic E-state index is 0.149. The van der Waals surface area contributed by atoms with Crippen molar-refractivity contribution in [3.8, 4) is 0 Å². The predicted octanol–water partition coefficient (Wildman–Crippen LogP) is 5.07. The molecule has 2 heterocycles. The standard InChI is InChI=1S/C27H40N2O5S/c1-5-7-18-34-26(30)27(3,4)21-25(23-9-13-28-14-10-23)20-22(6-2)24-11-16-29(17-12-24)15-8-19-35(31,32)33/h9-14,16-17,22,25H,5-8,15,18-21H2,1-4H3/p+1. The molecule has 7 nitrogen and oxygen atoms in total. The lowest BCUT2D eigenvalue weighted by atomic mass is 9.75. The van der Waals surface area contributed by atoms with E-state index in [1.165, 1.54) is 11.1 Å². The van der Waals surface area contributed by atoms with Gasteiger partial charge in [0.1, 0.15) is 6.54 Å². The first kappa shape index (κ1) is 28.9. The molecule has 0 radical (unpaired) electrons. The number of carbonyl (C=O) groups is 1. The summed E-state index contributed by atoms with van der Waals surface area (Å²) in [5.74, 6) is 0.0684. The molecule has 0 aromatic carbocycles. The number of hydrogen-bond acceptors (Lipinski definition) is 5. The molecular weight excluding hydrogens is 464 g/mol. The van der Waals surface area contributed by atoms with E-state index in [1.54, 1.807) is 12.4 Å². The number of pyridine rings is 2. The van der Waals surface area contributed by atoms with Crippen LogP contribution in [-0.2, 0) is 26.2 Å². The van der Waals surface area contributed by atoms with Gasteiger partial charge < -0.3 is 4.74 Å². The van der Waals surface area contributed by atoms with Crippen LogP contribution in [0, 0.1) is 5.41 Å². The molecule has 35 heavy (non-hydrogen) atoms. The monoisotopic (exact) mass is 505 g/mol. The van der Waals surface area contributed by atoms with Crippen LogP contribution in [0.25, 0.3) is 0 Å². The summed E-state index contributed by atoms with van der Waals surface area (Å²) >= 11 is 0. The molecule has 0 aliphatic heterocycles. The van der Waals surface area contributed by atoms with E-state index in [0.717, 1.165) is 25.7 Å². The molecule has 2 aromatic rings. The summed E-state index contributed by atoms with van der Waals surface area (Å²) < 4.78 is 38.3. The van der Waals surface area contributed by atoms with Gasteiger partial charge in [-0.3, -0.25) is 14.3 Å². The Labute approximate surface area is 210 Å². The largest absolute Gasteiger partial charge is 0.465 e. The van der Waals surface area contributed by atoms with Gasteiger partial charge in [0.25, 0.3) is 10.1 Å². The zero-order valence-corrected chi connectivity index (χ0v) is 22.3. The van der Waals surface area contributed by atoms with Gasteiger partial charge in [0.2, 0.25) is 0 Å². The summed E-state index contributed by atoms with van der Waals surface area (Å²) in [4.78, 5) is 17.0. The summed E-state index contributed by atoms with van der Waals surface area (Å²) in [7, 11) is -3.94. The Morgan fingerprint density at radius 3 is 2.26 bits per heavy atom. The van der Waals surface area contributed by atoms with Crippen molar-refractivity contribution in [2.45, 2.75) is 84.6 Å². The van der Waals surface area contributed by atoms with Gasteiger partial charge in [-0.05, 0) is 74.6 Å². The second kappa shape index (κ2) is 13.7. The number of unbranched alkanes of at least 4 members (excludes halogenated alkanes) is 1. The van der Waals surface area contributed by atoms with Gasteiger partial charge in [-0.15, -0.1) is 0 Å². The highest BCUT2D eigenvalue weighted by Crippen LogP contribution is 2.40. The van der Waals surface area contributed by atoms with Gasteiger partial charge in [0.05, 0.1) is 17.8 Å². The molecule has 1 N–H and O–H groups in total. The Kier molecular flexibility index (Phi) is 11.3. The molecule has 8 heteroatoms. The Balaban J connectivity index is 2.15. The van der Waals surface area contributed by atoms with Gasteiger partial charge in [-0.25, -0.2) is 4.57 Å². The first-order valence-electron chi connectivity index (χ1n) is 12.6. The number of carbonyl (C=O) groups excluding carboxylic acids is 1. The molecule has 2 unspecified atom stereocenters. The SMILES string of the molecule is CCCCOC(=O)C(C)(C)CC(CC(CC)c1cc[n+](CCCS(=O)(=O)O)cc1)c1ccncc1.